The molecule has 2 rings (SSSR count). The molecular formula is C13H19N3O4S2. The normalized spacial score (nSPS) is 20.5. The standard InChI is InChI=1S/C13H19N3O4S2/c1-14-12(17)10-8-15(13(18)11-4-3-7-21-11)5-6-16(9-10)22(2,19)20/h3-4,7,10H,5-6,8-9H2,1-2H3,(H,14,17). The Bertz CT molecular complexity index is 642. The summed E-state index contributed by atoms with van der Waals surface area (Å²) in [6, 6.07) is 3.51. The molecule has 2 amide bonds. The van der Waals surface area contributed by atoms with E-state index in [0.717, 1.165) is 6.26 Å². The summed E-state index contributed by atoms with van der Waals surface area (Å²) in [5.41, 5.74) is 0. The van der Waals surface area contributed by atoms with Crippen LogP contribution in [-0.2, 0) is 14.8 Å². The highest BCUT2D eigenvalue weighted by Crippen LogP contribution is 2.17. The first-order chi connectivity index (χ1) is 10.3. The van der Waals surface area contributed by atoms with Crippen molar-refractivity contribution in [3.63, 3.8) is 0 Å². The van der Waals surface area contributed by atoms with Gasteiger partial charge in [-0.3, -0.25) is 9.59 Å². The Balaban J connectivity index is 2.23. The van der Waals surface area contributed by atoms with E-state index in [1.807, 2.05) is 5.38 Å². The highest BCUT2D eigenvalue weighted by molar-refractivity contribution is 7.88. The van der Waals surface area contributed by atoms with Gasteiger partial charge in [0.25, 0.3) is 5.91 Å². The second-order valence-corrected chi connectivity index (χ2v) is 8.09. The van der Waals surface area contributed by atoms with Crippen LogP contribution < -0.4 is 5.32 Å². The maximum atomic E-state index is 12.5. The zero-order valence-electron chi connectivity index (χ0n) is 12.5. The summed E-state index contributed by atoms with van der Waals surface area (Å²) in [6.45, 7) is 0.774. The van der Waals surface area contributed by atoms with Crippen LogP contribution in [0, 0.1) is 5.92 Å². The molecule has 1 aliphatic rings. The van der Waals surface area contributed by atoms with Crippen molar-refractivity contribution in [2.75, 3.05) is 39.5 Å². The van der Waals surface area contributed by atoms with Crippen LogP contribution in [0.4, 0.5) is 0 Å². The van der Waals surface area contributed by atoms with Gasteiger partial charge in [0.1, 0.15) is 0 Å². The van der Waals surface area contributed by atoms with Crippen molar-refractivity contribution in [3.05, 3.63) is 22.4 Å². The van der Waals surface area contributed by atoms with E-state index in [2.05, 4.69) is 5.32 Å². The van der Waals surface area contributed by atoms with Gasteiger partial charge in [-0.2, -0.15) is 4.31 Å². The lowest BCUT2D eigenvalue weighted by molar-refractivity contribution is -0.124. The first kappa shape index (κ1) is 16.9. The summed E-state index contributed by atoms with van der Waals surface area (Å²) in [5.74, 6) is -1.01. The summed E-state index contributed by atoms with van der Waals surface area (Å²) in [5, 5.41) is 4.34. The summed E-state index contributed by atoms with van der Waals surface area (Å²) >= 11 is 1.33. The fourth-order valence-corrected chi connectivity index (χ4v) is 3.95. The average Bonchev–Trinajstić information content (AvgIpc) is 2.89. The molecule has 7 nitrogen and oxygen atoms in total. The number of nitrogens with zero attached hydrogens (tertiary/aromatic N) is 2. The van der Waals surface area contributed by atoms with Gasteiger partial charge in [0, 0.05) is 33.2 Å². The van der Waals surface area contributed by atoms with E-state index < -0.39 is 15.9 Å². The minimum atomic E-state index is -3.41. The minimum absolute atomic E-state index is 0.0900. The zero-order chi connectivity index (χ0) is 16.3. The number of carbonyl (C=O) groups excluding carboxylic acids is 2. The maximum Gasteiger partial charge on any atom is 0.263 e. The average molecular weight is 345 g/mol. The van der Waals surface area contributed by atoms with Gasteiger partial charge >= 0.3 is 0 Å². The molecule has 0 spiro atoms. The lowest BCUT2D eigenvalue weighted by Gasteiger charge is -2.22. The molecule has 1 N–H and O–H groups in total. The van der Waals surface area contributed by atoms with Gasteiger partial charge in [-0.05, 0) is 11.4 Å². The zero-order valence-corrected chi connectivity index (χ0v) is 14.1. The van der Waals surface area contributed by atoms with Gasteiger partial charge in [0.2, 0.25) is 15.9 Å². The summed E-state index contributed by atoms with van der Waals surface area (Å²) in [6.07, 6.45) is 1.12. The van der Waals surface area contributed by atoms with Crippen molar-refractivity contribution in [2.24, 2.45) is 5.92 Å². The van der Waals surface area contributed by atoms with E-state index in [-0.39, 0.29) is 38.0 Å². The second kappa shape index (κ2) is 6.76. The first-order valence-electron chi connectivity index (χ1n) is 6.82. The summed E-state index contributed by atoms with van der Waals surface area (Å²) < 4.78 is 24.8. The highest BCUT2D eigenvalue weighted by atomic mass is 32.2. The third kappa shape index (κ3) is 3.84. The lowest BCUT2D eigenvalue weighted by atomic mass is 10.1. The molecule has 1 atom stereocenters. The molecule has 1 unspecified atom stereocenters. The fourth-order valence-electron chi connectivity index (χ4n) is 2.40. The Morgan fingerprint density at radius 2 is 2.05 bits per heavy atom. The molecular weight excluding hydrogens is 326 g/mol. The Kier molecular flexibility index (Phi) is 5.20. The van der Waals surface area contributed by atoms with E-state index in [4.69, 9.17) is 0 Å². The highest BCUT2D eigenvalue weighted by Gasteiger charge is 2.33. The molecule has 1 saturated heterocycles. The van der Waals surface area contributed by atoms with E-state index in [9.17, 15) is 18.0 Å². The topological polar surface area (TPSA) is 86.8 Å². The number of sulfonamides is 1. The number of hydrogen-bond acceptors (Lipinski definition) is 5. The van der Waals surface area contributed by atoms with E-state index in [1.54, 1.807) is 17.0 Å². The molecule has 1 aromatic rings. The van der Waals surface area contributed by atoms with Crippen LogP contribution in [0.25, 0.3) is 0 Å². The van der Waals surface area contributed by atoms with Crippen LogP contribution in [0.3, 0.4) is 0 Å². The molecule has 1 aromatic heterocycles. The quantitative estimate of drug-likeness (QED) is 0.824. The van der Waals surface area contributed by atoms with Crippen LogP contribution in [0.2, 0.25) is 0 Å². The van der Waals surface area contributed by atoms with Gasteiger partial charge in [-0.25, -0.2) is 8.42 Å². The Morgan fingerprint density at radius 3 is 2.59 bits per heavy atom. The van der Waals surface area contributed by atoms with Crippen LogP contribution in [-0.4, -0.2) is 68.9 Å². The Hall–Kier alpha value is -1.45. The maximum absolute atomic E-state index is 12.5. The molecule has 2 heterocycles. The number of amides is 2. The van der Waals surface area contributed by atoms with Crippen molar-refractivity contribution in [1.29, 1.82) is 0 Å². The predicted molar refractivity (Wildman–Crippen MR) is 84.2 cm³/mol. The molecule has 0 aromatic carbocycles. The van der Waals surface area contributed by atoms with Gasteiger partial charge in [-0.15, -0.1) is 11.3 Å². The third-order valence-corrected chi connectivity index (χ3v) is 5.72. The number of thiophene rings is 1. The molecule has 122 valence electrons. The largest absolute Gasteiger partial charge is 0.359 e. The molecule has 0 radical (unpaired) electrons. The fraction of sp³-hybridized carbons (Fsp3) is 0.538. The summed E-state index contributed by atoms with van der Waals surface area (Å²) in [4.78, 5) is 26.6. The lowest BCUT2D eigenvalue weighted by Crippen LogP contribution is -2.42. The van der Waals surface area contributed by atoms with Crippen LogP contribution in [0.5, 0.6) is 0 Å². The van der Waals surface area contributed by atoms with Gasteiger partial charge in [0.15, 0.2) is 0 Å². The van der Waals surface area contributed by atoms with Crippen LogP contribution >= 0.6 is 11.3 Å². The van der Waals surface area contributed by atoms with Crippen LogP contribution in [0.15, 0.2) is 17.5 Å². The van der Waals surface area contributed by atoms with Crippen molar-refractivity contribution in [1.82, 2.24) is 14.5 Å². The van der Waals surface area contributed by atoms with Crippen molar-refractivity contribution < 1.29 is 18.0 Å². The first-order valence-corrected chi connectivity index (χ1v) is 9.55. The summed E-state index contributed by atoms with van der Waals surface area (Å²) in [7, 11) is -1.91. The molecule has 0 bridgehead atoms. The van der Waals surface area contributed by atoms with Crippen molar-refractivity contribution in [3.8, 4) is 0 Å². The van der Waals surface area contributed by atoms with Gasteiger partial charge in [0.05, 0.1) is 17.1 Å². The van der Waals surface area contributed by atoms with E-state index in [0.29, 0.717) is 4.88 Å². The van der Waals surface area contributed by atoms with E-state index >= 15 is 0 Å². The molecule has 9 heteroatoms. The van der Waals surface area contributed by atoms with Crippen LogP contribution in [0.1, 0.15) is 9.67 Å². The molecule has 0 saturated carbocycles. The minimum Gasteiger partial charge on any atom is -0.359 e. The second-order valence-electron chi connectivity index (χ2n) is 5.16. The smallest absolute Gasteiger partial charge is 0.263 e. The van der Waals surface area contributed by atoms with Gasteiger partial charge in [-0.1, -0.05) is 6.07 Å². The van der Waals surface area contributed by atoms with Gasteiger partial charge < -0.3 is 10.2 Å². The third-order valence-electron chi connectivity index (χ3n) is 3.59. The monoisotopic (exact) mass is 345 g/mol. The molecule has 1 fully saturated rings. The number of nitrogens with one attached hydrogen (secondary N) is 1. The predicted octanol–water partition coefficient (Wildman–Crippen LogP) is -0.172. The number of carbonyl (C=O) groups is 2. The Labute approximate surface area is 134 Å². The Morgan fingerprint density at radius 1 is 1.32 bits per heavy atom. The SMILES string of the molecule is CNC(=O)C1CN(C(=O)c2cccs2)CCN(S(C)(=O)=O)C1. The molecule has 0 aliphatic carbocycles. The van der Waals surface area contributed by atoms with Crippen molar-refractivity contribution in [2.45, 2.75) is 0 Å². The number of hydrogen-bond donors (Lipinski definition) is 1. The molecule has 22 heavy (non-hydrogen) atoms. The molecule has 1 aliphatic heterocycles. The number of rotatable bonds is 3. The van der Waals surface area contributed by atoms with Crippen molar-refractivity contribution >= 4 is 33.2 Å². The van der Waals surface area contributed by atoms with E-state index in [1.165, 1.54) is 22.7 Å².